The van der Waals surface area contributed by atoms with E-state index in [1.807, 2.05) is 0 Å². The molecule has 0 spiro atoms. The molecule has 1 N–H and O–H groups in total. The molecule has 0 saturated carbocycles. The van der Waals surface area contributed by atoms with E-state index in [-0.39, 0.29) is 24.3 Å². The van der Waals surface area contributed by atoms with Gasteiger partial charge >= 0.3 is 5.97 Å². The van der Waals surface area contributed by atoms with Crippen LogP contribution in [-0.4, -0.2) is 51.2 Å². The monoisotopic (exact) mass is 348 g/mol. The highest BCUT2D eigenvalue weighted by molar-refractivity contribution is 6.01. The molecular weight excluding hydrogens is 324 g/mol. The van der Waals surface area contributed by atoms with Gasteiger partial charge in [-0.25, -0.2) is 4.79 Å². The third-order valence-electron chi connectivity index (χ3n) is 4.21. The van der Waals surface area contributed by atoms with E-state index in [0.29, 0.717) is 43.9 Å². The number of esters is 1. The number of hydrogen-bond donors (Lipinski definition) is 1. The second kappa shape index (κ2) is 9.17. The number of methoxy groups -OCH3 is 1. The van der Waals surface area contributed by atoms with Gasteiger partial charge in [-0.1, -0.05) is 12.1 Å². The normalized spacial score (nSPS) is 14.6. The van der Waals surface area contributed by atoms with Crippen molar-refractivity contribution in [3.8, 4) is 0 Å². The van der Waals surface area contributed by atoms with Crippen molar-refractivity contribution in [2.75, 3.05) is 38.3 Å². The van der Waals surface area contributed by atoms with Gasteiger partial charge in [-0.2, -0.15) is 0 Å². The van der Waals surface area contributed by atoms with Crippen LogP contribution < -0.4 is 10.2 Å². The van der Waals surface area contributed by atoms with Crippen molar-refractivity contribution < 1.29 is 23.9 Å². The molecule has 1 aliphatic rings. The number of nitrogens with zero attached hydrogens (tertiary/aromatic N) is 1. The number of rotatable bonds is 6. The quantitative estimate of drug-likeness (QED) is 0.785. The Morgan fingerprint density at radius 2 is 1.92 bits per heavy atom. The summed E-state index contributed by atoms with van der Waals surface area (Å²) in [6.45, 7) is 3.21. The Hall–Kier alpha value is -2.41. The summed E-state index contributed by atoms with van der Waals surface area (Å²) in [5, 5.41) is 2.87. The lowest BCUT2D eigenvalue weighted by Gasteiger charge is -2.25. The van der Waals surface area contributed by atoms with Gasteiger partial charge in [-0.15, -0.1) is 0 Å². The maximum atomic E-state index is 12.2. The van der Waals surface area contributed by atoms with E-state index in [1.54, 1.807) is 24.3 Å². The van der Waals surface area contributed by atoms with E-state index >= 15 is 0 Å². The number of carbonyl (C=O) groups excluding carboxylic acids is 3. The molecule has 0 aliphatic carbocycles. The largest absolute Gasteiger partial charge is 0.465 e. The van der Waals surface area contributed by atoms with Gasteiger partial charge in [-0.3, -0.25) is 9.59 Å². The van der Waals surface area contributed by atoms with E-state index in [4.69, 9.17) is 9.47 Å². The molecule has 1 aliphatic heterocycles. The highest BCUT2D eigenvalue weighted by atomic mass is 16.5. The Morgan fingerprint density at radius 1 is 1.24 bits per heavy atom. The maximum Gasteiger partial charge on any atom is 0.339 e. The summed E-state index contributed by atoms with van der Waals surface area (Å²) in [5.41, 5.74) is 0.790. The number of anilines is 1. The minimum atomic E-state index is -0.506. The summed E-state index contributed by atoms with van der Waals surface area (Å²) in [6, 6.07) is 6.75. The molecule has 7 heteroatoms. The molecule has 0 radical (unpaired) electrons. The highest BCUT2D eigenvalue weighted by Gasteiger charge is 2.23. The van der Waals surface area contributed by atoms with Crippen LogP contribution in [-0.2, 0) is 19.1 Å². The predicted octanol–water partition coefficient (Wildman–Crippen LogP) is 1.37. The standard InChI is InChI=1S/C18H24N2O5/c1-13(21)20(16-6-4-3-5-15(16)18(23)24-2)10-9-19-17(22)14-7-11-25-12-8-14/h3-6,14H,7-12H2,1-2H3,(H,19,22). The fraction of sp³-hybridized carbons (Fsp3) is 0.500. The Kier molecular flexibility index (Phi) is 6.94. The minimum absolute atomic E-state index is 0.0203. The number of nitrogens with one attached hydrogen (secondary N) is 1. The summed E-state index contributed by atoms with van der Waals surface area (Å²) in [7, 11) is 1.30. The molecule has 136 valence electrons. The Bertz CT molecular complexity index is 626. The fourth-order valence-corrected chi connectivity index (χ4v) is 2.83. The molecular formula is C18H24N2O5. The van der Waals surface area contributed by atoms with Crippen molar-refractivity contribution in [3.63, 3.8) is 0 Å². The van der Waals surface area contributed by atoms with Crippen LogP contribution in [0.25, 0.3) is 0 Å². The first-order chi connectivity index (χ1) is 12.0. The van der Waals surface area contributed by atoms with E-state index in [1.165, 1.54) is 18.9 Å². The SMILES string of the molecule is COC(=O)c1ccccc1N(CCNC(=O)C1CCOCC1)C(C)=O. The molecule has 0 bridgehead atoms. The van der Waals surface area contributed by atoms with Crippen molar-refractivity contribution >= 4 is 23.5 Å². The molecule has 1 aromatic rings. The van der Waals surface area contributed by atoms with Crippen LogP contribution >= 0.6 is 0 Å². The molecule has 0 aromatic heterocycles. The fourth-order valence-electron chi connectivity index (χ4n) is 2.83. The zero-order valence-electron chi connectivity index (χ0n) is 14.6. The van der Waals surface area contributed by atoms with E-state index in [2.05, 4.69) is 5.32 Å². The van der Waals surface area contributed by atoms with Crippen LogP contribution in [0.3, 0.4) is 0 Å². The van der Waals surface area contributed by atoms with Crippen molar-refractivity contribution in [1.29, 1.82) is 0 Å². The van der Waals surface area contributed by atoms with Gasteiger partial charge < -0.3 is 19.7 Å². The third kappa shape index (κ3) is 5.03. The van der Waals surface area contributed by atoms with Crippen LogP contribution in [0.4, 0.5) is 5.69 Å². The van der Waals surface area contributed by atoms with Gasteiger partial charge in [-0.05, 0) is 25.0 Å². The Labute approximate surface area is 147 Å². The summed E-state index contributed by atoms with van der Waals surface area (Å²) in [6.07, 6.45) is 1.43. The predicted molar refractivity (Wildman–Crippen MR) is 92.4 cm³/mol. The van der Waals surface area contributed by atoms with Gasteiger partial charge in [0, 0.05) is 39.1 Å². The van der Waals surface area contributed by atoms with Crippen LogP contribution in [0, 0.1) is 5.92 Å². The lowest BCUT2D eigenvalue weighted by molar-refractivity contribution is -0.128. The van der Waals surface area contributed by atoms with Crippen LogP contribution in [0.15, 0.2) is 24.3 Å². The average molecular weight is 348 g/mol. The van der Waals surface area contributed by atoms with Crippen LogP contribution in [0.5, 0.6) is 0 Å². The zero-order chi connectivity index (χ0) is 18.2. The van der Waals surface area contributed by atoms with Gasteiger partial charge in [0.25, 0.3) is 0 Å². The number of carbonyl (C=O) groups is 3. The molecule has 7 nitrogen and oxygen atoms in total. The maximum absolute atomic E-state index is 12.2. The van der Waals surface area contributed by atoms with Gasteiger partial charge in [0.2, 0.25) is 11.8 Å². The molecule has 0 atom stereocenters. The summed E-state index contributed by atoms with van der Waals surface area (Å²) in [4.78, 5) is 37.6. The van der Waals surface area contributed by atoms with Gasteiger partial charge in [0.05, 0.1) is 18.4 Å². The number of benzene rings is 1. The second-order valence-corrected chi connectivity index (χ2v) is 5.86. The first kappa shape index (κ1) is 18.9. The number of amides is 2. The Balaban J connectivity index is 2.01. The molecule has 2 rings (SSSR count). The van der Waals surface area contributed by atoms with Gasteiger partial charge in [0.1, 0.15) is 0 Å². The summed E-state index contributed by atoms with van der Waals surface area (Å²) >= 11 is 0. The molecule has 25 heavy (non-hydrogen) atoms. The molecule has 1 heterocycles. The highest BCUT2D eigenvalue weighted by Crippen LogP contribution is 2.21. The first-order valence-electron chi connectivity index (χ1n) is 8.35. The second-order valence-electron chi connectivity index (χ2n) is 5.86. The minimum Gasteiger partial charge on any atom is -0.465 e. The molecule has 1 fully saturated rings. The van der Waals surface area contributed by atoms with Crippen molar-refractivity contribution in [3.05, 3.63) is 29.8 Å². The topological polar surface area (TPSA) is 84.9 Å². The Morgan fingerprint density at radius 3 is 2.56 bits per heavy atom. The van der Waals surface area contributed by atoms with Gasteiger partial charge in [0.15, 0.2) is 0 Å². The number of hydrogen-bond acceptors (Lipinski definition) is 5. The number of para-hydroxylation sites is 1. The third-order valence-corrected chi connectivity index (χ3v) is 4.21. The molecule has 1 saturated heterocycles. The zero-order valence-corrected chi connectivity index (χ0v) is 14.6. The lowest BCUT2D eigenvalue weighted by Crippen LogP contribution is -2.41. The van der Waals surface area contributed by atoms with E-state index < -0.39 is 5.97 Å². The van der Waals surface area contributed by atoms with E-state index in [0.717, 1.165) is 0 Å². The van der Waals surface area contributed by atoms with Crippen molar-refractivity contribution in [2.45, 2.75) is 19.8 Å². The first-order valence-corrected chi connectivity index (χ1v) is 8.35. The smallest absolute Gasteiger partial charge is 0.339 e. The summed E-state index contributed by atoms with van der Waals surface area (Å²) in [5.74, 6) is -0.778. The van der Waals surface area contributed by atoms with Crippen molar-refractivity contribution in [2.24, 2.45) is 5.92 Å². The lowest BCUT2D eigenvalue weighted by atomic mass is 9.99. The average Bonchev–Trinajstić information content (AvgIpc) is 2.65. The number of ether oxygens (including phenoxy) is 2. The van der Waals surface area contributed by atoms with E-state index in [9.17, 15) is 14.4 Å². The molecule has 1 aromatic carbocycles. The van der Waals surface area contributed by atoms with Crippen molar-refractivity contribution in [1.82, 2.24) is 5.32 Å². The summed E-state index contributed by atoms with van der Waals surface area (Å²) < 4.78 is 10.0. The molecule has 2 amide bonds. The molecule has 0 unspecified atom stereocenters. The van der Waals surface area contributed by atoms with Crippen LogP contribution in [0.1, 0.15) is 30.1 Å². The van der Waals surface area contributed by atoms with Crippen LogP contribution in [0.2, 0.25) is 0 Å².